The summed E-state index contributed by atoms with van der Waals surface area (Å²) in [5.41, 5.74) is 0.662. The van der Waals surface area contributed by atoms with Gasteiger partial charge in [0.15, 0.2) is 17.1 Å². The molecule has 0 atom stereocenters. The van der Waals surface area contributed by atoms with Crippen LogP contribution in [0, 0.1) is 0 Å². The fourth-order valence-electron chi connectivity index (χ4n) is 3.67. The van der Waals surface area contributed by atoms with E-state index >= 15 is 0 Å². The van der Waals surface area contributed by atoms with Crippen LogP contribution in [-0.2, 0) is 31.2 Å². The zero-order valence-corrected chi connectivity index (χ0v) is 19.4. The van der Waals surface area contributed by atoms with Gasteiger partial charge >= 0.3 is 5.69 Å². The molecule has 10 heteroatoms. The van der Waals surface area contributed by atoms with Crippen LogP contribution >= 0.6 is 0 Å². The van der Waals surface area contributed by atoms with Gasteiger partial charge in [0.2, 0.25) is 5.91 Å². The van der Waals surface area contributed by atoms with Gasteiger partial charge in [0, 0.05) is 25.4 Å². The van der Waals surface area contributed by atoms with Crippen LogP contribution in [-0.4, -0.2) is 47.9 Å². The highest BCUT2D eigenvalue weighted by molar-refractivity contribution is 5.83. The monoisotopic (exact) mass is 456 g/mol. The smallest absolute Gasteiger partial charge is 0.332 e. The van der Waals surface area contributed by atoms with E-state index in [2.05, 4.69) is 10.3 Å². The lowest BCUT2D eigenvalue weighted by molar-refractivity contribution is -0.121. The maximum atomic E-state index is 13.1. The van der Waals surface area contributed by atoms with Crippen molar-refractivity contribution in [3.8, 4) is 17.2 Å². The van der Waals surface area contributed by atoms with Crippen LogP contribution in [0.5, 0.6) is 17.2 Å². The Kier molecular flexibility index (Phi) is 7.37. The Bertz CT molecular complexity index is 1290. The summed E-state index contributed by atoms with van der Waals surface area (Å²) in [6.45, 7) is 1.83. The quantitative estimate of drug-likeness (QED) is 0.512. The molecule has 0 aliphatic heterocycles. The number of amides is 1. The Labute approximate surface area is 190 Å². The zero-order valence-electron chi connectivity index (χ0n) is 19.4. The molecule has 33 heavy (non-hydrogen) atoms. The molecule has 0 fully saturated rings. The molecule has 2 heterocycles. The average molecular weight is 456 g/mol. The summed E-state index contributed by atoms with van der Waals surface area (Å²) in [5, 5.41) is 2.93. The minimum Gasteiger partial charge on any atom is -0.495 e. The Balaban J connectivity index is 1.81. The fraction of sp³-hybridized carbons (Fsp3) is 0.391. The summed E-state index contributed by atoms with van der Waals surface area (Å²) in [6, 6.07) is 5.50. The molecule has 0 saturated carbocycles. The van der Waals surface area contributed by atoms with E-state index in [1.54, 1.807) is 26.5 Å². The molecule has 1 N–H and O–H groups in total. The molecule has 2 aromatic heterocycles. The van der Waals surface area contributed by atoms with Crippen LogP contribution in [0.25, 0.3) is 11.0 Å². The Morgan fingerprint density at radius 3 is 2.45 bits per heavy atom. The van der Waals surface area contributed by atoms with E-state index in [1.165, 1.54) is 18.7 Å². The van der Waals surface area contributed by atoms with Crippen molar-refractivity contribution >= 4 is 16.9 Å². The minimum atomic E-state index is -0.624. The number of hydrogen-bond donors (Lipinski definition) is 1. The van der Waals surface area contributed by atoms with E-state index in [4.69, 9.17) is 14.2 Å². The number of rotatable bonds is 9. The van der Waals surface area contributed by atoms with Crippen molar-refractivity contribution < 1.29 is 19.0 Å². The van der Waals surface area contributed by atoms with Crippen molar-refractivity contribution in [2.45, 2.75) is 26.3 Å². The number of carbonyl (C=O) groups excluding carboxylic acids is 1. The average Bonchev–Trinajstić information content (AvgIpc) is 2.84. The Hall–Kier alpha value is -3.82. The van der Waals surface area contributed by atoms with Crippen LogP contribution in [0.2, 0.25) is 0 Å². The number of nitrogens with zero attached hydrogens (tertiary/aromatic N) is 3. The number of benzene rings is 1. The summed E-state index contributed by atoms with van der Waals surface area (Å²) < 4.78 is 18.1. The predicted octanol–water partition coefficient (Wildman–Crippen LogP) is 1.04. The van der Waals surface area contributed by atoms with Crippen molar-refractivity contribution in [3.05, 3.63) is 56.4 Å². The third-order valence-corrected chi connectivity index (χ3v) is 5.45. The lowest BCUT2D eigenvalue weighted by atomic mass is 10.1. The van der Waals surface area contributed by atoms with Crippen molar-refractivity contribution in [2.75, 3.05) is 27.9 Å². The highest BCUT2D eigenvalue weighted by Crippen LogP contribution is 2.27. The minimum absolute atomic E-state index is 0.178. The summed E-state index contributed by atoms with van der Waals surface area (Å²) in [6.07, 6.45) is 2.73. The number of pyridine rings is 1. The molecule has 0 bridgehead atoms. The van der Waals surface area contributed by atoms with Crippen molar-refractivity contribution in [1.82, 2.24) is 19.4 Å². The number of nitrogens with one attached hydrogen (secondary N) is 1. The molecule has 3 aromatic rings. The first-order chi connectivity index (χ1) is 15.9. The van der Waals surface area contributed by atoms with E-state index in [0.29, 0.717) is 36.6 Å². The molecule has 176 valence electrons. The third-order valence-electron chi connectivity index (χ3n) is 5.45. The molecule has 1 aromatic carbocycles. The van der Waals surface area contributed by atoms with Gasteiger partial charge in [-0.1, -0.05) is 13.0 Å². The number of carbonyl (C=O) groups is 1. The molecule has 1 amide bonds. The van der Waals surface area contributed by atoms with Crippen molar-refractivity contribution in [2.24, 2.45) is 7.05 Å². The van der Waals surface area contributed by atoms with Gasteiger partial charge in [0.1, 0.15) is 17.7 Å². The first-order valence-electron chi connectivity index (χ1n) is 10.5. The second-order valence-electron chi connectivity index (χ2n) is 7.39. The topological polar surface area (TPSA) is 114 Å². The lowest BCUT2D eigenvalue weighted by Gasteiger charge is -2.14. The standard InChI is InChI=1S/C23H28N4O6/c1-6-15-12-25-21-19(20(15)33-5)22(29)27(23(30)26(21)2)13-18(28)24-10-9-14-7-8-16(31-3)17(11-14)32-4/h7-8,11-12H,6,9-10,13H2,1-5H3,(H,24,28). The molecule has 0 unspecified atom stereocenters. The summed E-state index contributed by atoms with van der Waals surface area (Å²) >= 11 is 0. The van der Waals surface area contributed by atoms with Crippen LogP contribution in [0.4, 0.5) is 0 Å². The Morgan fingerprint density at radius 1 is 1.09 bits per heavy atom. The highest BCUT2D eigenvalue weighted by Gasteiger charge is 2.20. The van der Waals surface area contributed by atoms with Crippen LogP contribution in [0.1, 0.15) is 18.1 Å². The summed E-state index contributed by atoms with van der Waals surface area (Å²) in [4.78, 5) is 42.7. The van der Waals surface area contributed by atoms with Crippen LogP contribution < -0.4 is 30.8 Å². The third kappa shape index (κ3) is 4.69. The SMILES string of the molecule is CCc1cnc2c(c1OC)c(=O)n(CC(=O)NCCc1ccc(OC)c(OC)c1)c(=O)n2C. The normalized spacial score (nSPS) is 10.8. The fourth-order valence-corrected chi connectivity index (χ4v) is 3.67. The second-order valence-corrected chi connectivity index (χ2v) is 7.39. The molecule has 0 aliphatic carbocycles. The molecular formula is C23H28N4O6. The van der Waals surface area contributed by atoms with Crippen LogP contribution in [0.3, 0.4) is 0 Å². The van der Waals surface area contributed by atoms with Gasteiger partial charge in [0.05, 0.1) is 21.3 Å². The molecule has 0 spiro atoms. The number of aryl methyl sites for hydroxylation is 2. The maximum Gasteiger partial charge on any atom is 0.332 e. The van der Waals surface area contributed by atoms with Gasteiger partial charge in [-0.15, -0.1) is 0 Å². The first-order valence-corrected chi connectivity index (χ1v) is 10.5. The van der Waals surface area contributed by atoms with Gasteiger partial charge in [-0.25, -0.2) is 14.3 Å². The predicted molar refractivity (Wildman–Crippen MR) is 123 cm³/mol. The van der Waals surface area contributed by atoms with Crippen molar-refractivity contribution in [1.29, 1.82) is 0 Å². The largest absolute Gasteiger partial charge is 0.495 e. The molecule has 0 aliphatic rings. The summed E-state index contributed by atoms with van der Waals surface area (Å²) in [7, 11) is 6.09. The maximum absolute atomic E-state index is 13.1. The molecular weight excluding hydrogens is 428 g/mol. The number of hydrogen-bond acceptors (Lipinski definition) is 7. The van der Waals surface area contributed by atoms with Gasteiger partial charge in [-0.3, -0.25) is 14.2 Å². The van der Waals surface area contributed by atoms with Gasteiger partial charge in [-0.2, -0.15) is 0 Å². The van der Waals surface area contributed by atoms with E-state index < -0.39 is 23.7 Å². The molecule has 3 rings (SSSR count). The first kappa shape index (κ1) is 23.8. The van der Waals surface area contributed by atoms with Gasteiger partial charge < -0.3 is 19.5 Å². The molecule has 0 saturated heterocycles. The highest BCUT2D eigenvalue weighted by atomic mass is 16.5. The summed E-state index contributed by atoms with van der Waals surface area (Å²) in [5.74, 6) is 1.13. The zero-order chi connectivity index (χ0) is 24.1. The van der Waals surface area contributed by atoms with Crippen molar-refractivity contribution in [3.63, 3.8) is 0 Å². The van der Waals surface area contributed by atoms with E-state index in [-0.39, 0.29) is 11.0 Å². The lowest BCUT2D eigenvalue weighted by Crippen LogP contribution is -2.43. The molecule has 10 nitrogen and oxygen atoms in total. The number of fused-ring (bicyclic) bond motifs is 1. The number of ether oxygens (including phenoxy) is 3. The van der Waals surface area contributed by atoms with Gasteiger partial charge in [0.25, 0.3) is 5.56 Å². The molecule has 0 radical (unpaired) electrons. The number of methoxy groups -OCH3 is 3. The van der Waals surface area contributed by atoms with Gasteiger partial charge in [-0.05, 0) is 30.5 Å². The number of aromatic nitrogens is 3. The second kappa shape index (κ2) is 10.2. The Morgan fingerprint density at radius 2 is 1.82 bits per heavy atom. The van der Waals surface area contributed by atoms with E-state index in [9.17, 15) is 14.4 Å². The van der Waals surface area contributed by atoms with E-state index in [0.717, 1.165) is 15.7 Å². The van der Waals surface area contributed by atoms with E-state index in [1.807, 2.05) is 19.1 Å². The van der Waals surface area contributed by atoms with Crippen LogP contribution in [0.15, 0.2) is 34.0 Å².